The Labute approximate surface area is 167 Å². The average Bonchev–Trinajstić information content (AvgIpc) is 3.30. The number of anilines is 2. The zero-order valence-corrected chi connectivity index (χ0v) is 16.8. The largest absolute Gasteiger partial charge is 0.455 e. The average molecular weight is 401 g/mol. The molecule has 7 nitrogen and oxygen atoms in total. The normalized spacial score (nSPS) is 13.6. The monoisotopic (exact) mass is 401 g/mol. The van der Waals surface area contributed by atoms with Crippen molar-refractivity contribution in [1.29, 1.82) is 0 Å². The lowest BCUT2D eigenvalue weighted by Gasteiger charge is -2.13. The van der Waals surface area contributed by atoms with Gasteiger partial charge in [0.1, 0.15) is 0 Å². The number of hydrogen-bond donors (Lipinski definition) is 1. The third-order valence-corrected chi connectivity index (χ3v) is 5.45. The van der Waals surface area contributed by atoms with E-state index in [2.05, 4.69) is 10.3 Å². The number of thiazole rings is 1. The van der Waals surface area contributed by atoms with Crippen molar-refractivity contribution in [3.63, 3.8) is 0 Å². The fraction of sp³-hybridized carbons (Fsp3) is 0.400. The number of benzene rings is 1. The summed E-state index contributed by atoms with van der Waals surface area (Å²) in [5.74, 6) is -0.845. The van der Waals surface area contributed by atoms with E-state index >= 15 is 0 Å². The molecule has 1 fully saturated rings. The maximum absolute atomic E-state index is 12.2. The van der Waals surface area contributed by atoms with Crippen molar-refractivity contribution in [2.24, 2.45) is 0 Å². The fourth-order valence-corrected chi connectivity index (χ4v) is 3.94. The molecule has 0 aliphatic carbocycles. The summed E-state index contributed by atoms with van der Waals surface area (Å²) in [4.78, 5) is 41.9. The van der Waals surface area contributed by atoms with Gasteiger partial charge in [-0.1, -0.05) is 25.1 Å². The van der Waals surface area contributed by atoms with Crippen LogP contribution in [-0.4, -0.2) is 35.9 Å². The van der Waals surface area contributed by atoms with Crippen LogP contribution < -0.4 is 10.2 Å². The van der Waals surface area contributed by atoms with E-state index in [-0.39, 0.29) is 24.8 Å². The zero-order chi connectivity index (χ0) is 20.1. The standard InChI is InChI=1S/C20H23N3O4S/c1-3-14-7-4-6-13(2)19(14)22-16(24)11-27-18(26)10-15-12-28-20(21-15)23-9-5-8-17(23)25/h4,6-7,12H,3,5,8-11H2,1-2H3,(H,22,24). The van der Waals surface area contributed by atoms with Crippen molar-refractivity contribution in [1.82, 2.24) is 4.98 Å². The molecular weight excluding hydrogens is 378 g/mol. The molecule has 28 heavy (non-hydrogen) atoms. The van der Waals surface area contributed by atoms with E-state index in [0.29, 0.717) is 23.8 Å². The molecule has 8 heteroatoms. The van der Waals surface area contributed by atoms with Gasteiger partial charge in [-0.15, -0.1) is 11.3 Å². The molecule has 1 saturated heterocycles. The summed E-state index contributed by atoms with van der Waals surface area (Å²) in [6.07, 6.45) is 2.12. The minimum atomic E-state index is -0.528. The number of aryl methyl sites for hydroxylation is 2. The SMILES string of the molecule is CCc1cccc(C)c1NC(=O)COC(=O)Cc1csc(N2CCCC2=O)n1. The number of rotatable bonds is 7. The molecule has 1 aromatic carbocycles. The van der Waals surface area contributed by atoms with Crippen LogP contribution in [0, 0.1) is 6.92 Å². The lowest BCUT2D eigenvalue weighted by Crippen LogP contribution is -2.24. The lowest BCUT2D eigenvalue weighted by molar-refractivity contribution is -0.146. The predicted molar refractivity (Wildman–Crippen MR) is 108 cm³/mol. The van der Waals surface area contributed by atoms with Crippen LogP contribution >= 0.6 is 11.3 Å². The molecule has 1 aliphatic heterocycles. The van der Waals surface area contributed by atoms with Crippen LogP contribution in [0.2, 0.25) is 0 Å². The second kappa shape index (κ2) is 8.97. The molecule has 2 heterocycles. The van der Waals surface area contributed by atoms with Crippen molar-refractivity contribution in [3.05, 3.63) is 40.4 Å². The Balaban J connectivity index is 1.50. The third kappa shape index (κ3) is 4.75. The van der Waals surface area contributed by atoms with E-state index in [1.165, 1.54) is 11.3 Å². The Hall–Kier alpha value is -2.74. The van der Waals surface area contributed by atoms with Gasteiger partial charge in [0.2, 0.25) is 5.91 Å². The van der Waals surface area contributed by atoms with Gasteiger partial charge < -0.3 is 10.1 Å². The first-order valence-corrected chi connectivity index (χ1v) is 10.1. The fourth-order valence-electron chi connectivity index (χ4n) is 3.07. The second-order valence-electron chi connectivity index (χ2n) is 6.62. The van der Waals surface area contributed by atoms with Gasteiger partial charge in [-0.3, -0.25) is 19.3 Å². The summed E-state index contributed by atoms with van der Waals surface area (Å²) in [7, 11) is 0. The first-order valence-electron chi connectivity index (χ1n) is 9.26. The molecule has 148 valence electrons. The highest BCUT2D eigenvalue weighted by Crippen LogP contribution is 2.25. The maximum Gasteiger partial charge on any atom is 0.312 e. The van der Waals surface area contributed by atoms with Gasteiger partial charge in [0.15, 0.2) is 11.7 Å². The molecule has 0 radical (unpaired) electrons. The number of para-hydroxylation sites is 1. The highest BCUT2D eigenvalue weighted by molar-refractivity contribution is 7.14. The first-order chi connectivity index (χ1) is 13.5. The van der Waals surface area contributed by atoms with Gasteiger partial charge in [0, 0.05) is 24.0 Å². The molecule has 2 aromatic rings. The van der Waals surface area contributed by atoms with Crippen LogP contribution in [0.15, 0.2) is 23.6 Å². The van der Waals surface area contributed by atoms with Gasteiger partial charge in [-0.25, -0.2) is 4.98 Å². The molecule has 3 rings (SSSR count). The molecule has 1 N–H and O–H groups in total. The molecule has 0 bridgehead atoms. The van der Waals surface area contributed by atoms with Gasteiger partial charge in [0.05, 0.1) is 12.1 Å². The van der Waals surface area contributed by atoms with Crippen molar-refractivity contribution in [2.75, 3.05) is 23.4 Å². The van der Waals surface area contributed by atoms with E-state index in [4.69, 9.17) is 4.74 Å². The van der Waals surface area contributed by atoms with Gasteiger partial charge in [-0.05, 0) is 30.9 Å². The van der Waals surface area contributed by atoms with E-state index < -0.39 is 5.97 Å². The minimum absolute atomic E-state index is 0.0314. The van der Waals surface area contributed by atoms with Crippen molar-refractivity contribution in [3.8, 4) is 0 Å². The van der Waals surface area contributed by atoms with Crippen molar-refractivity contribution in [2.45, 2.75) is 39.5 Å². The van der Waals surface area contributed by atoms with Gasteiger partial charge in [0.25, 0.3) is 5.91 Å². The Morgan fingerprint density at radius 1 is 1.36 bits per heavy atom. The molecule has 0 saturated carbocycles. The summed E-state index contributed by atoms with van der Waals surface area (Å²) >= 11 is 1.33. The smallest absolute Gasteiger partial charge is 0.312 e. The Bertz CT molecular complexity index is 893. The zero-order valence-electron chi connectivity index (χ0n) is 16.0. The number of ether oxygens (including phenoxy) is 1. The summed E-state index contributed by atoms with van der Waals surface area (Å²) in [5, 5.41) is 5.17. The van der Waals surface area contributed by atoms with Crippen molar-refractivity contribution < 1.29 is 19.1 Å². The Kier molecular flexibility index (Phi) is 6.41. The van der Waals surface area contributed by atoms with Crippen LogP contribution in [0.1, 0.15) is 36.6 Å². The van der Waals surface area contributed by atoms with E-state index in [1.54, 1.807) is 10.3 Å². The van der Waals surface area contributed by atoms with Crippen LogP contribution in [0.3, 0.4) is 0 Å². The number of esters is 1. The molecule has 2 amide bonds. The van der Waals surface area contributed by atoms with E-state index in [1.807, 2.05) is 32.0 Å². The quantitative estimate of drug-likeness (QED) is 0.721. The van der Waals surface area contributed by atoms with Crippen LogP contribution in [0.5, 0.6) is 0 Å². The Morgan fingerprint density at radius 3 is 2.89 bits per heavy atom. The minimum Gasteiger partial charge on any atom is -0.455 e. The predicted octanol–water partition coefficient (Wildman–Crippen LogP) is 2.87. The summed E-state index contributed by atoms with van der Waals surface area (Å²) < 4.78 is 5.08. The van der Waals surface area contributed by atoms with E-state index in [0.717, 1.165) is 29.7 Å². The molecule has 0 unspecified atom stereocenters. The first kappa shape index (κ1) is 20.0. The highest BCUT2D eigenvalue weighted by Gasteiger charge is 2.24. The molecule has 0 spiro atoms. The van der Waals surface area contributed by atoms with Crippen LogP contribution in [0.25, 0.3) is 0 Å². The molecule has 0 atom stereocenters. The van der Waals surface area contributed by atoms with E-state index in [9.17, 15) is 14.4 Å². The maximum atomic E-state index is 12.2. The summed E-state index contributed by atoms with van der Waals surface area (Å²) in [6.45, 7) is 4.25. The van der Waals surface area contributed by atoms with Crippen molar-refractivity contribution >= 4 is 39.9 Å². The van der Waals surface area contributed by atoms with Crippen LogP contribution in [-0.2, 0) is 32.0 Å². The molecule has 1 aromatic heterocycles. The Morgan fingerprint density at radius 2 is 2.18 bits per heavy atom. The number of carbonyl (C=O) groups excluding carboxylic acids is 3. The number of nitrogens with zero attached hydrogens (tertiary/aromatic N) is 2. The van der Waals surface area contributed by atoms with Gasteiger partial charge in [-0.2, -0.15) is 0 Å². The summed E-state index contributed by atoms with van der Waals surface area (Å²) in [6, 6.07) is 5.83. The summed E-state index contributed by atoms with van der Waals surface area (Å²) in [5.41, 5.74) is 3.30. The molecule has 1 aliphatic rings. The van der Waals surface area contributed by atoms with Crippen LogP contribution in [0.4, 0.5) is 10.8 Å². The number of nitrogens with one attached hydrogen (secondary N) is 1. The second-order valence-corrected chi connectivity index (χ2v) is 7.46. The number of amides is 2. The molecular formula is C20H23N3O4S. The van der Waals surface area contributed by atoms with Gasteiger partial charge >= 0.3 is 5.97 Å². The highest BCUT2D eigenvalue weighted by atomic mass is 32.1. The number of carbonyl (C=O) groups is 3. The topological polar surface area (TPSA) is 88.6 Å². The lowest BCUT2D eigenvalue weighted by atomic mass is 10.1. The number of hydrogen-bond acceptors (Lipinski definition) is 6. The number of aromatic nitrogens is 1. The third-order valence-electron chi connectivity index (χ3n) is 4.54.